The third kappa shape index (κ3) is 4.22. The number of nitrogens with one attached hydrogen (secondary N) is 1. The number of hydrogen-bond donors (Lipinski definition) is 1. The van der Waals surface area contributed by atoms with Crippen LogP contribution >= 0.6 is 0 Å². The average molecular weight is 420 g/mol. The van der Waals surface area contributed by atoms with Gasteiger partial charge in [0.25, 0.3) is 0 Å². The lowest BCUT2D eigenvalue weighted by molar-refractivity contribution is -0.118. The van der Waals surface area contributed by atoms with Crippen LogP contribution in [0.1, 0.15) is 69.1 Å². The fraction of sp³-hybridized carbons (Fsp3) is 0.571. The molecule has 4 bridgehead atoms. The van der Waals surface area contributed by atoms with Gasteiger partial charge in [-0.1, -0.05) is 49.7 Å². The summed E-state index contributed by atoms with van der Waals surface area (Å²) < 4.78 is 11.8. The standard InChI is InChI=1S/C28H37NO2/c1-20-6-5-7-22(10-20)16-31-24-9-8-21(11-25(24)30-4)15-29-28-14-23-12-26(2,18-28)17-27(3,13-23)19-28/h5-11,23,29H,12-19H2,1-4H3/t23?,26-,27+,28?. The summed E-state index contributed by atoms with van der Waals surface area (Å²) >= 11 is 0. The molecule has 1 N–H and O–H groups in total. The molecule has 6 rings (SSSR count). The molecule has 2 aromatic rings. The molecule has 0 spiro atoms. The van der Waals surface area contributed by atoms with E-state index in [1.807, 2.05) is 0 Å². The summed E-state index contributed by atoms with van der Waals surface area (Å²) in [5, 5.41) is 4.03. The third-order valence-corrected chi connectivity index (χ3v) is 8.00. The Morgan fingerprint density at radius 3 is 2.35 bits per heavy atom. The van der Waals surface area contributed by atoms with E-state index in [1.54, 1.807) is 7.11 Å². The fourth-order valence-electron chi connectivity index (χ4n) is 7.84. The van der Waals surface area contributed by atoms with Gasteiger partial charge in [-0.25, -0.2) is 0 Å². The van der Waals surface area contributed by atoms with Gasteiger partial charge in [-0.05, 0) is 85.5 Å². The van der Waals surface area contributed by atoms with Crippen molar-refractivity contribution in [2.45, 2.75) is 78.0 Å². The number of methoxy groups -OCH3 is 1. The molecule has 31 heavy (non-hydrogen) atoms. The minimum Gasteiger partial charge on any atom is -0.493 e. The molecule has 2 unspecified atom stereocenters. The highest BCUT2D eigenvalue weighted by Gasteiger charge is 2.59. The topological polar surface area (TPSA) is 30.5 Å². The highest BCUT2D eigenvalue weighted by Crippen LogP contribution is 2.66. The molecule has 3 nitrogen and oxygen atoms in total. The van der Waals surface area contributed by atoms with Gasteiger partial charge < -0.3 is 14.8 Å². The van der Waals surface area contributed by atoms with E-state index in [0.717, 1.165) is 24.0 Å². The highest BCUT2D eigenvalue weighted by molar-refractivity contribution is 5.43. The first-order valence-corrected chi connectivity index (χ1v) is 11.9. The van der Waals surface area contributed by atoms with Crippen LogP contribution in [0.4, 0.5) is 0 Å². The van der Waals surface area contributed by atoms with Crippen LogP contribution < -0.4 is 14.8 Å². The number of ether oxygens (including phenoxy) is 2. The summed E-state index contributed by atoms with van der Waals surface area (Å²) in [7, 11) is 1.73. The monoisotopic (exact) mass is 419 g/mol. The maximum Gasteiger partial charge on any atom is 0.161 e. The van der Waals surface area contributed by atoms with Gasteiger partial charge in [0.05, 0.1) is 7.11 Å². The Morgan fingerprint density at radius 1 is 0.903 bits per heavy atom. The van der Waals surface area contributed by atoms with Gasteiger partial charge >= 0.3 is 0 Å². The molecule has 4 saturated carbocycles. The fourth-order valence-corrected chi connectivity index (χ4v) is 7.84. The van der Waals surface area contributed by atoms with Crippen molar-refractivity contribution in [1.82, 2.24) is 5.32 Å². The Labute approximate surface area is 187 Å². The van der Waals surface area contributed by atoms with Crippen molar-refractivity contribution in [3.8, 4) is 11.5 Å². The van der Waals surface area contributed by atoms with Crippen molar-refractivity contribution >= 4 is 0 Å². The lowest BCUT2D eigenvalue weighted by atomic mass is 9.43. The molecule has 4 aliphatic carbocycles. The van der Waals surface area contributed by atoms with E-state index in [1.165, 1.54) is 55.2 Å². The van der Waals surface area contributed by atoms with Gasteiger partial charge in [-0.2, -0.15) is 0 Å². The molecule has 4 atom stereocenters. The zero-order chi connectivity index (χ0) is 21.7. The molecular weight excluding hydrogens is 382 g/mol. The highest BCUT2D eigenvalue weighted by atomic mass is 16.5. The van der Waals surface area contributed by atoms with Crippen LogP contribution in [0.15, 0.2) is 42.5 Å². The Bertz CT molecular complexity index is 949. The molecule has 0 aliphatic heterocycles. The van der Waals surface area contributed by atoms with Gasteiger partial charge in [-0.15, -0.1) is 0 Å². The Morgan fingerprint density at radius 2 is 1.68 bits per heavy atom. The van der Waals surface area contributed by atoms with Crippen molar-refractivity contribution in [2.24, 2.45) is 16.7 Å². The van der Waals surface area contributed by atoms with Crippen LogP contribution in [0.3, 0.4) is 0 Å². The molecule has 0 radical (unpaired) electrons. The summed E-state index contributed by atoms with van der Waals surface area (Å²) in [6.45, 7) is 8.63. The summed E-state index contributed by atoms with van der Waals surface area (Å²) in [4.78, 5) is 0. The molecule has 4 fully saturated rings. The van der Waals surface area contributed by atoms with Crippen LogP contribution in [-0.4, -0.2) is 12.6 Å². The van der Waals surface area contributed by atoms with Crippen LogP contribution in [-0.2, 0) is 13.2 Å². The molecule has 4 aliphatic rings. The number of hydrogen-bond acceptors (Lipinski definition) is 3. The number of rotatable bonds is 7. The van der Waals surface area contributed by atoms with Gasteiger partial charge in [0.15, 0.2) is 11.5 Å². The SMILES string of the molecule is COc1cc(CNC23CC4C[C@@](C)(C2)C[C@](C)(C4)C3)ccc1OCc1cccc(C)c1. The second-order valence-electron chi connectivity index (χ2n) is 11.5. The largest absolute Gasteiger partial charge is 0.493 e. The Balaban J connectivity index is 1.26. The van der Waals surface area contributed by atoms with Gasteiger partial charge in [-0.3, -0.25) is 0 Å². The van der Waals surface area contributed by atoms with Gasteiger partial charge in [0.2, 0.25) is 0 Å². The van der Waals surface area contributed by atoms with Crippen molar-refractivity contribution in [1.29, 1.82) is 0 Å². The maximum absolute atomic E-state index is 6.08. The first-order valence-electron chi connectivity index (χ1n) is 11.9. The molecule has 0 heterocycles. The third-order valence-electron chi connectivity index (χ3n) is 8.00. The van der Waals surface area contributed by atoms with E-state index < -0.39 is 0 Å². The van der Waals surface area contributed by atoms with Crippen molar-refractivity contribution in [3.63, 3.8) is 0 Å². The Hall–Kier alpha value is -2.00. The van der Waals surface area contributed by atoms with Crippen LogP contribution in [0.25, 0.3) is 0 Å². The Kier molecular flexibility index (Phi) is 5.08. The van der Waals surface area contributed by atoms with E-state index in [0.29, 0.717) is 23.0 Å². The zero-order valence-electron chi connectivity index (χ0n) is 19.6. The van der Waals surface area contributed by atoms with Crippen molar-refractivity contribution in [3.05, 3.63) is 59.2 Å². The second kappa shape index (κ2) is 7.55. The predicted molar refractivity (Wildman–Crippen MR) is 125 cm³/mol. The van der Waals surface area contributed by atoms with Crippen molar-refractivity contribution < 1.29 is 9.47 Å². The molecule has 0 amide bonds. The van der Waals surface area contributed by atoms with E-state index in [9.17, 15) is 0 Å². The number of aryl methyl sites for hydroxylation is 1. The van der Waals surface area contributed by atoms with Crippen LogP contribution in [0, 0.1) is 23.7 Å². The summed E-state index contributed by atoms with van der Waals surface area (Å²) in [6.07, 6.45) is 8.31. The second-order valence-corrected chi connectivity index (χ2v) is 11.5. The minimum absolute atomic E-state index is 0.316. The lowest BCUT2D eigenvalue weighted by Gasteiger charge is -2.65. The minimum atomic E-state index is 0.316. The molecule has 2 aromatic carbocycles. The van der Waals surface area contributed by atoms with E-state index >= 15 is 0 Å². The molecule has 0 saturated heterocycles. The number of benzene rings is 2. The molecular formula is C28H37NO2. The van der Waals surface area contributed by atoms with E-state index in [2.05, 4.69) is 68.6 Å². The molecule has 3 heteroatoms. The molecule has 166 valence electrons. The average Bonchev–Trinajstić information content (AvgIpc) is 2.68. The van der Waals surface area contributed by atoms with Crippen molar-refractivity contribution in [2.75, 3.05) is 7.11 Å². The lowest BCUT2D eigenvalue weighted by Crippen LogP contribution is -2.63. The van der Waals surface area contributed by atoms with E-state index in [-0.39, 0.29) is 0 Å². The van der Waals surface area contributed by atoms with Crippen LogP contribution in [0.2, 0.25) is 0 Å². The smallest absolute Gasteiger partial charge is 0.161 e. The van der Waals surface area contributed by atoms with Gasteiger partial charge in [0.1, 0.15) is 6.61 Å². The van der Waals surface area contributed by atoms with E-state index in [4.69, 9.17) is 9.47 Å². The molecule has 0 aromatic heterocycles. The normalized spacial score (nSPS) is 33.5. The van der Waals surface area contributed by atoms with Gasteiger partial charge in [0, 0.05) is 12.1 Å². The summed E-state index contributed by atoms with van der Waals surface area (Å²) in [5.74, 6) is 2.53. The predicted octanol–water partition coefficient (Wildman–Crippen LogP) is 6.42. The summed E-state index contributed by atoms with van der Waals surface area (Å²) in [6, 6.07) is 14.8. The van der Waals surface area contributed by atoms with Crippen LogP contribution in [0.5, 0.6) is 11.5 Å². The summed E-state index contributed by atoms with van der Waals surface area (Å²) in [5.41, 5.74) is 5.08. The quantitative estimate of drug-likeness (QED) is 0.561. The first-order chi connectivity index (χ1) is 14.8. The first kappa shape index (κ1) is 20.9. The maximum atomic E-state index is 6.08. The zero-order valence-corrected chi connectivity index (χ0v) is 19.6.